The van der Waals surface area contributed by atoms with Gasteiger partial charge in [0.05, 0.1) is 10.0 Å². The summed E-state index contributed by atoms with van der Waals surface area (Å²) in [4.78, 5) is 16.7. The molecule has 0 aromatic heterocycles. The second-order valence-electron chi connectivity index (χ2n) is 7.08. The topological polar surface area (TPSA) is 23.6 Å². The van der Waals surface area contributed by atoms with Gasteiger partial charge in [0, 0.05) is 38.1 Å². The molecule has 2 atom stereocenters. The maximum Gasteiger partial charge on any atom is 0.222 e. The van der Waals surface area contributed by atoms with Crippen LogP contribution in [-0.4, -0.2) is 47.4 Å². The van der Waals surface area contributed by atoms with Crippen molar-refractivity contribution in [2.75, 3.05) is 19.6 Å². The Kier molecular flexibility index (Phi) is 6.08. The van der Waals surface area contributed by atoms with Crippen LogP contribution in [0.5, 0.6) is 0 Å². The van der Waals surface area contributed by atoms with Crippen LogP contribution in [0, 0.1) is 0 Å². The van der Waals surface area contributed by atoms with Gasteiger partial charge in [0.2, 0.25) is 5.91 Å². The van der Waals surface area contributed by atoms with Crippen LogP contribution < -0.4 is 0 Å². The highest BCUT2D eigenvalue weighted by Gasteiger charge is 2.37. The van der Waals surface area contributed by atoms with Crippen molar-refractivity contribution in [3.63, 3.8) is 0 Å². The maximum absolute atomic E-state index is 12.1. The molecule has 2 fully saturated rings. The summed E-state index contributed by atoms with van der Waals surface area (Å²) in [7, 11) is 0. The molecule has 0 radical (unpaired) electrons. The van der Waals surface area contributed by atoms with E-state index in [2.05, 4.69) is 22.8 Å². The molecule has 136 valence electrons. The average molecular weight is 381 g/mol. The van der Waals surface area contributed by atoms with E-state index in [9.17, 15) is 4.79 Å². The van der Waals surface area contributed by atoms with E-state index in [4.69, 9.17) is 23.2 Å². The zero-order valence-corrected chi connectivity index (χ0v) is 16.5. The fourth-order valence-electron chi connectivity index (χ4n) is 4.02. The minimum Gasteiger partial charge on any atom is -0.341 e. The van der Waals surface area contributed by atoms with Gasteiger partial charge in [-0.2, -0.15) is 0 Å². The van der Waals surface area contributed by atoms with Crippen molar-refractivity contribution in [1.82, 2.24) is 9.80 Å². The number of rotatable bonds is 4. The number of fused-ring (bicyclic) bond motifs is 2. The lowest BCUT2D eigenvalue weighted by molar-refractivity contribution is -0.131. The quantitative estimate of drug-likeness (QED) is 0.743. The first kappa shape index (κ1) is 18.8. The number of benzene rings is 1. The van der Waals surface area contributed by atoms with Gasteiger partial charge in [-0.25, -0.2) is 0 Å². The maximum atomic E-state index is 12.1. The van der Waals surface area contributed by atoms with Crippen LogP contribution in [-0.2, 0) is 4.79 Å². The molecule has 0 N–H and O–H groups in total. The monoisotopic (exact) mass is 380 g/mol. The molecule has 2 bridgehead atoms. The summed E-state index contributed by atoms with van der Waals surface area (Å²) in [6.07, 6.45) is 6.41. The number of likely N-dealkylation sites (tertiary alicyclic amines) is 1. The number of halogens is 2. The number of carbonyl (C=O) groups excluding carboxylic acids is 1. The van der Waals surface area contributed by atoms with Gasteiger partial charge in [0.15, 0.2) is 0 Å². The molecule has 0 spiro atoms. The minimum atomic E-state index is 0.287. The van der Waals surface area contributed by atoms with Crippen LogP contribution in [0.15, 0.2) is 24.3 Å². The summed E-state index contributed by atoms with van der Waals surface area (Å²) in [5.74, 6) is 0.287. The molecular formula is C20H26Cl2N2O. The number of nitrogens with zero attached hydrogens (tertiary/aromatic N) is 2. The van der Waals surface area contributed by atoms with Crippen LogP contribution in [0.3, 0.4) is 0 Å². The molecule has 1 aromatic rings. The van der Waals surface area contributed by atoms with Gasteiger partial charge >= 0.3 is 0 Å². The molecule has 2 heterocycles. The fourth-order valence-corrected chi connectivity index (χ4v) is 4.32. The van der Waals surface area contributed by atoms with Gasteiger partial charge in [-0.15, -0.1) is 0 Å². The third kappa shape index (κ3) is 4.21. The molecule has 5 heteroatoms. The van der Waals surface area contributed by atoms with Gasteiger partial charge < -0.3 is 4.90 Å². The number of allylic oxidation sites excluding steroid dienone is 1. The predicted molar refractivity (Wildman–Crippen MR) is 105 cm³/mol. The second kappa shape index (κ2) is 8.11. The Morgan fingerprint density at radius 3 is 2.68 bits per heavy atom. The molecule has 25 heavy (non-hydrogen) atoms. The average Bonchev–Trinajstić information content (AvgIpc) is 2.88. The van der Waals surface area contributed by atoms with E-state index in [-0.39, 0.29) is 5.91 Å². The molecular weight excluding hydrogens is 355 g/mol. The Hall–Kier alpha value is -1.03. The predicted octanol–water partition coefficient (Wildman–Crippen LogP) is 4.87. The van der Waals surface area contributed by atoms with E-state index in [0.29, 0.717) is 28.5 Å². The number of carbonyl (C=O) groups is 1. The van der Waals surface area contributed by atoms with Crippen molar-refractivity contribution >= 4 is 34.7 Å². The fraction of sp³-hybridized carbons (Fsp3) is 0.550. The summed E-state index contributed by atoms with van der Waals surface area (Å²) < 4.78 is 0. The lowest BCUT2D eigenvalue weighted by Crippen LogP contribution is -2.41. The number of hydrogen-bond acceptors (Lipinski definition) is 2. The van der Waals surface area contributed by atoms with Crippen LogP contribution in [0.25, 0.3) is 5.57 Å². The Bertz CT molecular complexity index is 674. The summed E-state index contributed by atoms with van der Waals surface area (Å²) in [6.45, 7) is 6.77. The third-order valence-corrected chi connectivity index (χ3v) is 6.31. The Balaban J connectivity index is 1.69. The molecule has 3 nitrogen and oxygen atoms in total. The minimum absolute atomic E-state index is 0.287. The first-order valence-electron chi connectivity index (χ1n) is 9.15. The zero-order chi connectivity index (χ0) is 18.0. The molecule has 3 rings (SSSR count). The standard InChI is InChI=1S/C20H26Cl2N2O/c1-3-20(25)23-10-9-16-5-6-17(13-23)24(16)11-8-14(2)15-4-7-18(21)19(22)12-15/h4,7-8,12,16-17H,3,5-6,9-11,13H2,1-2H3/b14-8+. The first-order chi connectivity index (χ1) is 12.0. The molecule has 2 aliphatic heterocycles. The van der Waals surface area contributed by atoms with Gasteiger partial charge in [-0.05, 0) is 49.5 Å². The van der Waals surface area contributed by atoms with Gasteiger partial charge in [-0.3, -0.25) is 9.69 Å². The highest BCUT2D eigenvalue weighted by atomic mass is 35.5. The number of hydrogen-bond donors (Lipinski definition) is 0. The highest BCUT2D eigenvalue weighted by Crippen LogP contribution is 2.31. The Morgan fingerprint density at radius 1 is 1.20 bits per heavy atom. The van der Waals surface area contributed by atoms with Crippen molar-refractivity contribution in [2.24, 2.45) is 0 Å². The summed E-state index contributed by atoms with van der Waals surface area (Å²) in [5.41, 5.74) is 2.32. The largest absolute Gasteiger partial charge is 0.341 e. The van der Waals surface area contributed by atoms with E-state index >= 15 is 0 Å². The van der Waals surface area contributed by atoms with Crippen molar-refractivity contribution in [1.29, 1.82) is 0 Å². The van der Waals surface area contributed by atoms with E-state index in [0.717, 1.165) is 31.6 Å². The van der Waals surface area contributed by atoms with Gasteiger partial charge in [0.1, 0.15) is 0 Å². The van der Waals surface area contributed by atoms with Crippen LogP contribution in [0.2, 0.25) is 10.0 Å². The van der Waals surface area contributed by atoms with Gasteiger partial charge in [-0.1, -0.05) is 42.3 Å². The first-order valence-corrected chi connectivity index (χ1v) is 9.91. The van der Waals surface area contributed by atoms with Crippen molar-refractivity contribution in [3.8, 4) is 0 Å². The lowest BCUT2D eigenvalue weighted by atomic mass is 10.1. The van der Waals surface area contributed by atoms with E-state index in [1.165, 1.54) is 18.4 Å². The third-order valence-electron chi connectivity index (χ3n) is 5.57. The Labute approximate surface area is 160 Å². The highest BCUT2D eigenvalue weighted by molar-refractivity contribution is 6.42. The van der Waals surface area contributed by atoms with Gasteiger partial charge in [0.25, 0.3) is 0 Å². The van der Waals surface area contributed by atoms with Crippen LogP contribution in [0.1, 0.15) is 45.1 Å². The molecule has 0 saturated carbocycles. The summed E-state index contributed by atoms with van der Waals surface area (Å²) >= 11 is 12.1. The Morgan fingerprint density at radius 2 is 1.96 bits per heavy atom. The molecule has 0 aliphatic carbocycles. The molecule has 2 unspecified atom stereocenters. The molecule has 1 amide bonds. The van der Waals surface area contributed by atoms with Crippen LogP contribution >= 0.6 is 23.2 Å². The smallest absolute Gasteiger partial charge is 0.222 e. The summed E-state index contributed by atoms with van der Waals surface area (Å²) in [6, 6.07) is 6.87. The SMILES string of the molecule is CCC(=O)N1CCC2CCC(C1)N2C/C=C(\C)c1ccc(Cl)c(Cl)c1. The number of amides is 1. The molecule has 1 aromatic carbocycles. The zero-order valence-electron chi connectivity index (χ0n) is 15.0. The molecule has 2 saturated heterocycles. The van der Waals surface area contributed by atoms with Crippen molar-refractivity contribution < 1.29 is 4.79 Å². The summed E-state index contributed by atoms with van der Waals surface area (Å²) in [5, 5.41) is 1.18. The lowest BCUT2D eigenvalue weighted by Gasteiger charge is -2.28. The van der Waals surface area contributed by atoms with E-state index < -0.39 is 0 Å². The van der Waals surface area contributed by atoms with E-state index in [1.54, 1.807) is 0 Å². The van der Waals surface area contributed by atoms with Crippen molar-refractivity contribution in [2.45, 2.75) is 51.6 Å². The normalized spacial score (nSPS) is 24.5. The van der Waals surface area contributed by atoms with Crippen LogP contribution in [0.4, 0.5) is 0 Å². The van der Waals surface area contributed by atoms with Crippen molar-refractivity contribution in [3.05, 3.63) is 39.9 Å². The second-order valence-corrected chi connectivity index (χ2v) is 7.89. The molecule has 2 aliphatic rings. The van der Waals surface area contributed by atoms with E-state index in [1.807, 2.05) is 25.1 Å².